The number of alkyl carbamates (subject to hydrolysis) is 1. The molecular formula is C33H44N4O9S. The lowest BCUT2D eigenvalue weighted by Gasteiger charge is -2.31. The van der Waals surface area contributed by atoms with Gasteiger partial charge < -0.3 is 34.5 Å². The lowest BCUT2D eigenvalue weighted by atomic mass is 10.0. The summed E-state index contributed by atoms with van der Waals surface area (Å²) >= 11 is 0. The number of ether oxygens (including phenoxy) is 3. The first-order chi connectivity index (χ1) is 22.4. The van der Waals surface area contributed by atoms with E-state index in [9.17, 15) is 23.1 Å². The predicted octanol–water partition coefficient (Wildman–Crippen LogP) is 3.21. The van der Waals surface area contributed by atoms with Gasteiger partial charge >= 0.3 is 6.09 Å². The monoisotopic (exact) mass is 672 g/mol. The number of amides is 2. The van der Waals surface area contributed by atoms with Crippen molar-refractivity contribution in [2.24, 2.45) is 17.8 Å². The molecule has 5 rings (SSSR count). The maximum absolute atomic E-state index is 14.1. The zero-order chi connectivity index (χ0) is 33.7. The lowest BCUT2D eigenvalue weighted by Crippen LogP contribution is -2.51. The highest BCUT2D eigenvalue weighted by Crippen LogP contribution is 2.33. The second-order valence-corrected chi connectivity index (χ2v) is 14.8. The van der Waals surface area contributed by atoms with Crippen LogP contribution < -0.4 is 10.6 Å². The van der Waals surface area contributed by atoms with E-state index in [1.807, 2.05) is 44.2 Å². The summed E-state index contributed by atoms with van der Waals surface area (Å²) in [5.74, 6) is -0.529. The fourth-order valence-corrected chi connectivity index (χ4v) is 7.46. The van der Waals surface area contributed by atoms with E-state index >= 15 is 0 Å². The van der Waals surface area contributed by atoms with Gasteiger partial charge in [0.15, 0.2) is 11.9 Å². The summed E-state index contributed by atoms with van der Waals surface area (Å²) in [4.78, 5) is 25.2. The number of aliphatic hydroxyl groups excluding tert-OH is 1. The van der Waals surface area contributed by atoms with Gasteiger partial charge in [-0.1, -0.05) is 63.2 Å². The van der Waals surface area contributed by atoms with Crippen molar-refractivity contribution in [1.29, 1.82) is 0 Å². The van der Waals surface area contributed by atoms with Gasteiger partial charge in [0.2, 0.25) is 15.9 Å². The standard InChI is InChI=1S/C33H44N4O9S/c1-20(2)17-37(47(41,42)23-10-11-29-25(15-23)27(36-46-29)16-34-31(39)21(3)4)18-28(38)26(14-22-8-6-5-7-9-22)35-33(40)45-30-19-44-32-24(30)12-13-43-32/h5-11,15,20-21,24,26,28,30,32,38H,12-14,16-19H2,1-4H3,(H,34,39)(H,35,40)/t24-,26-,28+,30-,32+/m0/s1. The zero-order valence-electron chi connectivity index (χ0n) is 27.1. The van der Waals surface area contributed by atoms with E-state index in [0.29, 0.717) is 23.3 Å². The van der Waals surface area contributed by atoms with Crippen LogP contribution in [0.15, 0.2) is 57.9 Å². The largest absolute Gasteiger partial charge is 0.443 e. The van der Waals surface area contributed by atoms with Crippen LogP contribution in [0.4, 0.5) is 4.79 Å². The molecule has 13 nitrogen and oxygen atoms in total. The molecule has 14 heteroatoms. The molecule has 3 N–H and O–H groups in total. The van der Waals surface area contributed by atoms with Gasteiger partial charge in [-0.2, -0.15) is 4.31 Å². The molecule has 2 saturated heterocycles. The average molecular weight is 673 g/mol. The SMILES string of the molecule is CC(C)CN(C[C@@H](O)[C@H](Cc1ccccc1)NC(=O)O[C@H]1CO[C@H]2OCC[C@H]21)S(=O)(=O)c1ccc2onc(CNC(=O)C(C)C)c2c1. The fraction of sp³-hybridized carbons (Fsp3) is 0.545. The number of hydrogen-bond acceptors (Lipinski definition) is 10. The van der Waals surface area contributed by atoms with Crippen molar-refractivity contribution in [2.75, 3.05) is 26.3 Å². The summed E-state index contributed by atoms with van der Waals surface area (Å²) in [6.07, 6.45) is -1.93. The van der Waals surface area contributed by atoms with Crippen LogP contribution in [0.2, 0.25) is 0 Å². The lowest BCUT2D eigenvalue weighted by molar-refractivity contribution is -0.124. The van der Waals surface area contributed by atoms with Crippen LogP contribution in [0.1, 0.15) is 45.4 Å². The number of aliphatic hydroxyl groups is 1. The quantitative estimate of drug-likeness (QED) is 0.231. The summed E-state index contributed by atoms with van der Waals surface area (Å²) in [7, 11) is -4.14. The molecule has 2 aliphatic heterocycles. The highest BCUT2D eigenvalue weighted by molar-refractivity contribution is 7.89. The van der Waals surface area contributed by atoms with Crippen molar-refractivity contribution in [3.63, 3.8) is 0 Å². The minimum Gasteiger partial charge on any atom is -0.443 e. The predicted molar refractivity (Wildman–Crippen MR) is 171 cm³/mol. The molecule has 0 radical (unpaired) electrons. The van der Waals surface area contributed by atoms with Gasteiger partial charge in [0, 0.05) is 24.4 Å². The molecular weight excluding hydrogens is 628 g/mol. The summed E-state index contributed by atoms with van der Waals surface area (Å²) in [6, 6.07) is 12.9. The van der Waals surface area contributed by atoms with Gasteiger partial charge in [-0.3, -0.25) is 4.79 Å². The minimum atomic E-state index is -4.14. The number of carbonyl (C=O) groups is 2. The maximum atomic E-state index is 14.1. The third-order valence-electron chi connectivity index (χ3n) is 8.38. The molecule has 3 heterocycles. The van der Waals surface area contributed by atoms with E-state index in [1.165, 1.54) is 22.5 Å². The second-order valence-electron chi connectivity index (χ2n) is 12.9. The van der Waals surface area contributed by atoms with Crippen molar-refractivity contribution >= 4 is 33.0 Å². The highest BCUT2D eigenvalue weighted by atomic mass is 32.2. The Balaban J connectivity index is 1.35. The first-order valence-electron chi connectivity index (χ1n) is 16.0. The molecule has 3 aromatic rings. The van der Waals surface area contributed by atoms with Crippen LogP contribution in [-0.2, 0) is 42.0 Å². The van der Waals surface area contributed by atoms with E-state index in [-0.39, 0.29) is 67.5 Å². The zero-order valence-corrected chi connectivity index (χ0v) is 27.9. The van der Waals surface area contributed by atoms with Crippen molar-refractivity contribution in [3.05, 3.63) is 59.8 Å². The molecule has 5 atom stereocenters. The third kappa shape index (κ3) is 8.49. The molecule has 0 bridgehead atoms. The Kier molecular flexibility index (Phi) is 11.2. The number of hydrogen-bond donors (Lipinski definition) is 3. The Morgan fingerprint density at radius 2 is 1.85 bits per heavy atom. The number of carbonyl (C=O) groups excluding carboxylic acids is 2. The molecule has 256 valence electrons. The van der Waals surface area contributed by atoms with Crippen LogP contribution in [0, 0.1) is 17.8 Å². The van der Waals surface area contributed by atoms with E-state index in [4.69, 9.17) is 18.7 Å². The van der Waals surface area contributed by atoms with E-state index in [0.717, 1.165) is 12.0 Å². The average Bonchev–Trinajstić information content (AvgIpc) is 3.76. The molecule has 2 aliphatic rings. The molecule has 0 aliphatic carbocycles. The van der Waals surface area contributed by atoms with Gasteiger partial charge in [0.1, 0.15) is 11.8 Å². The summed E-state index contributed by atoms with van der Waals surface area (Å²) in [6.45, 7) is 7.96. The minimum absolute atomic E-state index is 0.0148. The Morgan fingerprint density at radius 1 is 1.09 bits per heavy atom. The van der Waals surface area contributed by atoms with Gasteiger partial charge in [0.25, 0.3) is 0 Å². The van der Waals surface area contributed by atoms with Crippen molar-refractivity contribution in [3.8, 4) is 0 Å². The molecule has 2 amide bonds. The van der Waals surface area contributed by atoms with Gasteiger partial charge in [-0.25, -0.2) is 13.2 Å². The van der Waals surface area contributed by atoms with E-state index < -0.39 is 34.4 Å². The van der Waals surface area contributed by atoms with Crippen molar-refractivity contribution in [2.45, 2.75) is 76.5 Å². The van der Waals surface area contributed by atoms with Crippen LogP contribution in [0.3, 0.4) is 0 Å². The van der Waals surface area contributed by atoms with Crippen LogP contribution >= 0.6 is 0 Å². The highest BCUT2D eigenvalue weighted by Gasteiger charge is 2.44. The molecule has 47 heavy (non-hydrogen) atoms. The number of nitrogens with one attached hydrogen (secondary N) is 2. The molecule has 0 saturated carbocycles. The number of benzene rings is 2. The Bertz CT molecular complexity index is 1630. The number of nitrogens with zero attached hydrogens (tertiary/aromatic N) is 2. The Hall–Kier alpha value is -3.56. The summed E-state index contributed by atoms with van der Waals surface area (Å²) < 4.78 is 51.7. The first-order valence-corrected chi connectivity index (χ1v) is 17.4. The first kappa shape index (κ1) is 34.8. The van der Waals surface area contributed by atoms with Crippen LogP contribution in [-0.4, -0.2) is 85.8 Å². The fourth-order valence-electron chi connectivity index (χ4n) is 5.82. The number of aromatic nitrogens is 1. The number of rotatable bonds is 14. The molecule has 2 fully saturated rings. The Labute approximate surface area is 275 Å². The van der Waals surface area contributed by atoms with Crippen molar-refractivity contribution < 1.29 is 41.8 Å². The van der Waals surface area contributed by atoms with Gasteiger partial charge in [0.05, 0.1) is 42.7 Å². The maximum Gasteiger partial charge on any atom is 0.407 e. The van der Waals surface area contributed by atoms with E-state index in [1.54, 1.807) is 13.8 Å². The summed E-state index contributed by atoms with van der Waals surface area (Å²) in [5.41, 5.74) is 1.62. The van der Waals surface area contributed by atoms with Gasteiger partial charge in [-0.15, -0.1) is 0 Å². The molecule has 1 aromatic heterocycles. The van der Waals surface area contributed by atoms with Crippen LogP contribution in [0.5, 0.6) is 0 Å². The molecule has 2 aromatic carbocycles. The topological polar surface area (TPSA) is 170 Å². The van der Waals surface area contributed by atoms with Gasteiger partial charge in [-0.05, 0) is 42.5 Å². The number of fused-ring (bicyclic) bond motifs is 2. The van der Waals surface area contributed by atoms with Crippen molar-refractivity contribution in [1.82, 2.24) is 20.1 Å². The molecule has 0 unspecified atom stereocenters. The van der Waals surface area contributed by atoms with Crippen LogP contribution in [0.25, 0.3) is 11.0 Å². The second kappa shape index (κ2) is 15.1. The Morgan fingerprint density at radius 3 is 2.57 bits per heavy atom. The van der Waals surface area contributed by atoms with E-state index in [2.05, 4.69) is 15.8 Å². The molecule has 0 spiro atoms. The third-order valence-corrected chi connectivity index (χ3v) is 10.2. The smallest absolute Gasteiger partial charge is 0.407 e. The number of sulfonamides is 1. The summed E-state index contributed by atoms with van der Waals surface area (Å²) in [5, 5.41) is 21.7. The normalized spacial score (nSPS) is 20.9.